The fourth-order valence-electron chi connectivity index (χ4n) is 1.16. The lowest BCUT2D eigenvalue weighted by Gasteiger charge is -2.06. The van der Waals surface area contributed by atoms with Crippen LogP contribution in [0.15, 0.2) is 6.20 Å². The quantitative estimate of drug-likeness (QED) is 0.727. The van der Waals surface area contributed by atoms with Crippen molar-refractivity contribution in [3.05, 3.63) is 11.9 Å². The lowest BCUT2D eigenvalue weighted by atomic mass is 10.4. The van der Waals surface area contributed by atoms with Crippen LogP contribution in [0.3, 0.4) is 0 Å². The van der Waals surface area contributed by atoms with Gasteiger partial charge in [-0.05, 0) is 20.4 Å². The Bertz CT molecular complexity index is 272. The van der Waals surface area contributed by atoms with E-state index in [4.69, 9.17) is 4.74 Å². The van der Waals surface area contributed by atoms with Crippen LogP contribution in [0.5, 0.6) is 0 Å². The predicted octanol–water partition coefficient (Wildman–Crippen LogP) is 0.813. The Hall–Kier alpha value is -0.940. The molecule has 1 rings (SSSR count). The van der Waals surface area contributed by atoms with Gasteiger partial charge in [-0.25, -0.2) is 4.68 Å². The Morgan fingerprint density at radius 3 is 3.00 bits per heavy atom. The minimum absolute atomic E-state index is 0.273. The van der Waals surface area contributed by atoms with E-state index in [0.29, 0.717) is 6.61 Å². The first kappa shape index (κ1) is 12.1. The molecule has 0 aromatic carbocycles. The van der Waals surface area contributed by atoms with Crippen LogP contribution in [0, 0.1) is 0 Å². The van der Waals surface area contributed by atoms with E-state index in [2.05, 4.69) is 22.6 Å². The highest BCUT2D eigenvalue weighted by atomic mass is 16.5. The molecule has 0 atom stereocenters. The number of hydrogen-bond donors (Lipinski definition) is 1. The van der Waals surface area contributed by atoms with E-state index in [0.717, 1.165) is 25.3 Å². The molecule has 15 heavy (non-hydrogen) atoms. The molecule has 0 unspecified atom stereocenters. The maximum atomic E-state index is 5.43. The number of nitrogens with zero attached hydrogens (tertiary/aromatic N) is 3. The first-order valence-electron chi connectivity index (χ1n) is 5.43. The van der Waals surface area contributed by atoms with Gasteiger partial charge in [-0.1, -0.05) is 12.1 Å². The van der Waals surface area contributed by atoms with E-state index >= 15 is 0 Å². The standard InChI is InChI=1S/C10H20N4O/c1-4-11-7-10-8-14(13-12-10)5-6-15-9(2)3/h8-9,11H,4-7H2,1-3H3. The summed E-state index contributed by atoms with van der Waals surface area (Å²) in [5.74, 6) is 0. The minimum atomic E-state index is 0.273. The molecule has 5 nitrogen and oxygen atoms in total. The van der Waals surface area contributed by atoms with Crippen LogP contribution in [0.2, 0.25) is 0 Å². The van der Waals surface area contributed by atoms with Gasteiger partial charge >= 0.3 is 0 Å². The number of ether oxygens (including phenoxy) is 1. The Kier molecular flexibility index (Phi) is 5.28. The molecule has 0 aliphatic rings. The maximum Gasteiger partial charge on any atom is 0.0964 e. The van der Waals surface area contributed by atoms with E-state index in [1.807, 2.05) is 24.7 Å². The number of nitrogens with one attached hydrogen (secondary N) is 1. The minimum Gasteiger partial charge on any atom is -0.377 e. The highest BCUT2D eigenvalue weighted by molar-refractivity contribution is 4.91. The molecule has 0 amide bonds. The maximum absolute atomic E-state index is 5.43. The Morgan fingerprint density at radius 1 is 1.53 bits per heavy atom. The van der Waals surface area contributed by atoms with E-state index in [1.54, 1.807) is 0 Å². The first-order valence-corrected chi connectivity index (χ1v) is 5.43. The van der Waals surface area contributed by atoms with Gasteiger partial charge in [0.15, 0.2) is 0 Å². The molecule has 86 valence electrons. The van der Waals surface area contributed by atoms with E-state index in [1.165, 1.54) is 0 Å². The van der Waals surface area contributed by atoms with Crippen LogP contribution in [0.1, 0.15) is 26.5 Å². The molecule has 0 fully saturated rings. The van der Waals surface area contributed by atoms with Gasteiger partial charge in [0, 0.05) is 12.7 Å². The van der Waals surface area contributed by atoms with Crippen molar-refractivity contribution < 1.29 is 4.74 Å². The second kappa shape index (κ2) is 6.53. The summed E-state index contributed by atoms with van der Waals surface area (Å²) in [7, 11) is 0. The summed E-state index contributed by atoms with van der Waals surface area (Å²) in [6, 6.07) is 0. The van der Waals surface area contributed by atoms with Gasteiger partial charge in [-0.2, -0.15) is 0 Å². The summed E-state index contributed by atoms with van der Waals surface area (Å²) < 4.78 is 7.25. The molecule has 0 saturated heterocycles. The zero-order valence-electron chi connectivity index (χ0n) is 9.73. The second-order valence-corrected chi connectivity index (χ2v) is 3.67. The molecule has 0 bridgehead atoms. The number of rotatable bonds is 7. The predicted molar refractivity (Wildman–Crippen MR) is 58.5 cm³/mol. The molecule has 0 aliphatic carbocycles. The van der Waals surface area contributed by atoms with Gasteiger partial charge in [-0.15, -0.1) is 5.10 Å². The van der Waals surface area contributed by atoms with Crippen molar-refractivity contribution in [2.45, 2.75) is 40.0 Å². The molecule has 5 heteroatoms. The summed E-state index contributed by atoms with van der Waals surface area (Å²) in [5, 5.41) is 11.3. The summed E-state index contributed by atoms with van der Waals surface area (Å²) in [6.45, 7) is 9.29. The lowest BCUT2D eigenvalue weighted by molar-refractivity contribution is 0.0707. The van der Waals surface area contributed by atoms with E-state index in [9.17, 15) is 0 Å². The topological polar surface area (TPSA) is 52.0 Å². The number of aromatic nitrogens is 3. The third kappa shape index (κ3) is 4.90. The molecular weight excluding hydrogens is 192 g/mol. The molecular formula is C10H20N4O. The first-order chi connectivity index (χ1) is 7.22. The van der Waals surface area contributed by atoms with Gasteiger partial charge in [0.1, 0.15) is 0 Å². The molecule has 1 aromatic heterocycles. The molecule has 1 aromatic rings. The molecule has 0 aliphatic heterocycles. The average Bonchev–Trinajstić information content (AvgIpc) is 2.62. The molecule has 1 heterocycles. The lowest BCUT2D eigenvalue weighted by Crippen LogP contribution is -2.12. The average molecular weight is 212 g/mol. The summed E-state index contributed by atoms with van der Waals surface area (Å²) >= 11 is 0. The third-order valence-corrected chi connectivity index (χ3v) is 1.91. The van der Waals surface area contributed by atoms with Gasteiger partial charge in [-0.3, -0.25) is 0 Å². The molecule has 0 saturated carbocycles. The normalized spacial score (nSPS) is 11.2. The largest absolute Gasteiger partial charge is 0.377 e. The monoisotopic (exact) mass is 212 g/mol. The smallest absolute Gasteiger partial charge is 0.0964 e. The van der Waals surface area contributed by atoms with Gasteiger partial charge in [0.2, 0.25) is 0 Å². The van der Waals surface area contributed by atoms with Crippen molar-refractivity contribution in [1.82, 2.24) is 20.3 Å². The summed E-state index contributed by atoms with van der Waals surface area (Å²) in [6.07, 6.45) is 2.22. The van der Waals surface area contributed by atoms with Crippen LogP contribution in [-0.2, 0) is 17.8 Å². The van der Waals surface area contributed by atoms with Crippen molar-refractivity contribution in [2.24, 2.45) is 0 Å². The second-order valence-electron chi connectivity index (χ2n) is 3.67. The summed E-state index contributed by atoms with van der Waals surface area (Å²) in [4.78, 5) is 0. The van der Waals surface area contributed by atoms with Crippen molar-refractivity contribution in [3.63, 3.8) is 0 Å². The highest BCUT2D eigenvalue weighted by Crippen LogP contribution is 1.94. The molecule has 1 N–H and O–H groups in total. The number of hydrogen-bond acceptors (Lipinski definition) is 4. The fourth-order valence-corrected chi connectivity index (χ4v) is 1.16. The van der Waals surface area contributed by atoms with Crippen LogP contribution in [0.25, 0.3) is 0 Å². The van der Waals surface area contributed by atoms with E-state index in [-0.39, 0.29) is 6.10 Å². The van der Waals surface area contributed by atoms with Crippen LogP contribution in [-0.4, -0.2) is 34.2 Å². The van der Waals surface area contributed by atoms with Crippen LogP contribution in [0.4, 0.5) is 0 Å². The highest BCUT2D eigenvalue weighted by Gasteiger charge is 2.00. The molecule has 0 radical (unpaired) electrons. The van der Waals surface area contributed by atoms with Gasteiger partial charge in [0.25, 0.3) is 0 Å². The zero-order valence-corrected chi connectivity index (χ0v) is 9.73. The van der Waals surface area contributed by atoms with Gasteiger partial charge in [0.05, 0.1) is 24.9 Å². The van der Waals surface area contributed by atoms with Crippen molar-refractivity contribution >= 4 is 0 Å². The third-order valence-electron chi connectivity index (χ3n) is 1.91. The van der Waals surface area contributed by atoms with Crippen LogP contribution < -0.4 is 5.32 Å². The zero-order chi connectivity index (χ0) is 11.1. The van der Waals surface area contributed by atoms with Crippen molar-refractivity contribution in [3.8, 4) is 0 Å². The Labute approximate surface area is 90.8 Å². The Morgan fingerprint density at radius 2 is 2.33 bits per heavy atom. The van der Waals surface area contributed by atoms with Crippen molar-refractivity contribution in [1.29, 1.82) is 0 Å². The summed E-state index contributed by atoms with van der Waals surface area (Å²) in [5.41, 5.74) is 0.974. The SMILES string of the molecule is CCNCc1cn(CCOC(C)C)nn1. The fraction of sp³-hybridized carbons (Fsp3) is 0.800. The molecule has 0 spiro atoms. The Balaban J connectivity index is 2.26. The van der Waals surface area contributed by atoms with Gasteiger partial charge < -0.3 is 10.1 Å². The van der Waals surface area contributed by atoms with Crippen molar-refractivity contribution in [2.75, 3.05) is 13.2 Å². The van der Waals surface area contributed by atoms with E-state index < -0.39 is 0 Å². The van der Waals surface area contributed by atoms with Crippen LogP contribution >= 0.6 is 0 Å².